The summed E-state index contributed by atoms with van der Waals surface area (Å²) in [4.78, 5) is 2.31. The van der Waals surface area contributed by atoms with E-state index in [1.165, 1.54) is 5.56 Å². The molecule has 31 heavy (non-hydrogen) atoms. The van der Waals surface area contributed by atoms with E-state index in [1.807, 2.05) is 61.1 Å². The molecule has 0 saturated carbocycles. The van der Waals surface area contributed by atoms with Gasteiger partial charge in [0.2, 0.25) is 5.88 Å². The maximum absolute atomic E-state index is 10.3. The molecule has 1 aromatic heterocycles. The van der Waals surface area contributed by atoms with Gasteiger partial charge in [-0.1, -0.05) is 68.8 Å². The van der Waals surface area contributed by atoms with Crippen molar-refractivity contribution in [3.05, 3.63) is 65.7 Å². The van der Waals surface area contributed by atoms with E-state index in [0.717, 1.165) is 41.4 Å². The Morgan fingerprint density at radius 1 is 1.03 bits per heavy atom. The molecule has 0 unspecified atom stereocenters. The Morgan fingerprint density at radius 2 is 1.71 bits per heavy atom. The van der Waals surface area contributed by atoms with Crippen LogP contribution in [0.3, 0.4) is 0 Å². The predicted octanol–water partition coefficient (Wildman–Crippen LogP) is 5.42. The van der Waals surface area contributed by atoms with Crippen LogP contribution in [0.5, 0.6) is 11.6 Å². The number of hydrogen-bond acceptors (Lipinski definition) is 4. The van der Waals surface area contributed by atoms with E-state index in [9.17, 15) is 5.11 Å². The second-order valence-electron chi connectivity index (χ2n) is 8.69. The van der Waals surface area contributed by atoms with Crippen LogP contribution in [0.2, 0.25) is 0 Å². The highest BCUT2D eigenvalue weighted by atomic mass is 16.5. The molecule has 0 radical (unpaired) electrons. The van der Waals surface area contributed by atoms with Crippen LogP contribution in [0.15, 0.2) is 54.6 Å². The number of hydrogen-bond donors (Lipinski definition) is 1. The van der Waals surface area contributed by atoms with Gasteiger partial charge in [0.15, 0.2) is 0 Å². The summed E-state index contributed by atoms with van der Waals surface area (Å²) in [5.74, 6) is 2.02. The summed E-state index contributed by atoms with van der Waals surface area (Å²) in [7, 11) is 1.92. The molecule has 0 aliphatic rings. The number of benzene rings is 2. The molecule has 1 atom stereocenters. The molecule has 0 saturated heterocycles. The van der Waals surface area contributed by atoms with Crippen LogP contribution in [0, 0.1) is 12.8 Å². The third kappa shape index (κ3) is 6.18. The van der Waals surface area contributed by atoms with Crippen molar-refractivity contribution in [2.45, 2.75) is 46.8 Å². The normalized spacial score (nSPS) is 12.5. The second-order valence-corrected chi connectivity index (χ2v) is 8.69. The van der Waals surface area contributed by atoms with Gasteiger partial charge < -0.3 is 9.84 Å². The second kappa shape index (κ2) is 10.6. The summed E-state index contributed by atoms with van der Waals surface area (Å²) in [6, 6.07) is 18.3. The Kier molecular flexibility index (Phi) is 7.88. The zero-order chi connectivity index (χ0) is 22.4. The van der Waals surface area contributed by atoms with Crippen molar-refractivity contribution in [1.29, 1.82) is 0 Å². The Bertz CT molecular complexity index is 949. The first-order valence-corrected chi connectivity index (χ1v) is 11.1. The molecule has 0 spiro atoms. The standard InChI is InChI=1S/C26H35N3O2/c1-6-22(30)17-29(16-19(2)3)18-24-25(21-10-8-7-9-11-21)27-28(5)26(24)31-23-14-12-20(4)13-15-23/h7-15,19,22,30H,6,16-18H2,1-5H3/t22-/m1/s1. The maximum atomic E-state index is 10.3. The van der Waals surface area contributed by atoms with E-state index in [1.54, 1.807) is 0 Å². The molecule has 166 valence electrons. The van der Waals surface area contributed by atoms with Crippen molar-refractivity contribution in [1.82, 2.24) is 14.7 Å². The number of aromatic nitrogens is 2. The first-order valence-electron chi connectivity index (χ1n) is 11.1. The summed E-state index contributed by atoms with van der Waals surface area (Å²) in [6.07, 6.45) is 0.386. The van der Waals surface area contributed by atoms with Gasteiger partial charge in [0.05, 0.1) is 11.7 Å². The van der Waals surface area contributed by atoms with E-state index >= 15 is 0 Å². The van der Waals surface area contributed by atoms with E-state index in [4.69, 9.17) is 9.84 Å². The fraction of sp³-hybridized carbons (Fsp3) is 0.423. The average Bonchev–Trinajstić information content (AvgIpc) is 3.05. The van der Waals surface area contributed by atoms with E-state index < -0.39 is 0 Å². The van der Waals surface area contributed by atoms with Crippen molar-refractivity contribution < 1.29 is 9.84 Å². The van der Waals surface area contributed by atoms with Gasteiger partial charge in [0.1, 0.15) is 11.4 Å². The van der Waals surface area contributed by atoms with Gasteiger partial charge in [0, 0.05) is 32.2 Å². The molecule has 5 heteroatoms. The molecular formula is C26H35N3O2. The summed E-state index contributed by atoms with van der Waals surface area (Å²) in [6.45, 7) is 10.7. The molecule has 3 rings (SSSR count). The lowest BCUT2D eigenvalue weighted by Crippen LogP contribution is -2.34. The third-order valence-corrected chi connectivity index (χ3v) is 5.32. The number of nitrogens with zero attached hydrogens (tertiary/aromatic N) is 3. The first-order chi connectivity index (χ1) is 14.9. The van der Waals surface area contributed by atoms with Crippen LogP contribution in [-0.4, -0.2) is 39.0 Å². The largest absolute Gasteiger partial charge is 0.439 e. The topological polar surface area (TPSA) is 50.5 Å². The Balaban J connectivity index is 2.02. The zero-order valence-corrected chi connectivity index (χ0v) is 19.4. The number of ether oxygens (including phenoxy) is 1. The van der Waals surface area contributed by atoms with Crippen LogP contribution in [0.25, 0.3) is 11.3 Å². The minimum atomic E-state index is -0.350. The predicted molar refractivity (Wildman–Crippen MR) is 126 cm³/mol. The molecule has 2 aromatic carbocycles. The zero-order valence-electron chi connectivity index (χ0n) is 19.4. The number of aryl methyl sites for hydroxylation is 2. The smallest absolute Gasteiger partial charge is 0.222 e. The lowest BCUT2D eigenvalue weighted by molar-refractivity contribution is 0.0982. The molecule has 0 aliphatic heterocycles. The first kappa shape index (κ1) is 23.0. The molecule has 0 fully saturated rings. The summed E-state index contributed by atoms with van der Waals surface area (Å²) in [5, 5.41) is 15.2. The number of aliphatic hydroxyl groups excluding tert-OH is 1. The third-order valence-electron chi connectivity index (χ3n) is 5.32. The minimum absolute atomic E-state index is 0.350. The van der Waals surface area contributed by atoms with Crippen LogP contribution >= 0.6 is 0 Å². The van der Waals surface area contributed by atoms with E-state index in [0.29, 0.717) is 19.0 Å². The molecule has 3 aromatic rings. The molecule has 5 nitrogen and oxygen atoms in total. The van der Waals surface area contributed by atoms with Crippen LogP contribution in [0.1, 0.15) is 38.3 Å². The highest BCUT2D eigenvalue weighted by molar-refractivity contribution is 5.65. The summed E-state index contributed by atoms with van der Waals surface area (Å²) >= 11 is 0. The summed E-state index contributed by atoms with van der Waals surface area (Å²) in [5.41, 5.74) is 4.22. The van der Waals surface area contributed by atoms with Crippen LogP contribution in [-0.2, 0) is 13.6 Å². The van der Waals surface area contributed by atoms with Gasteiger partial charge in [-0.05, 0) is 31.4 Å². The van der Waals surface area contributed by atoms with Crippen molar-refractivity contribution in [2.24, 2.45) is 13.0 Å². The van der Waals surface area contributed by atoms with Crippen molar-refractivity contribution in [2.75, 3.05) is 13.1 Å². The monoisotopic (exact) mass is 421 g/mol. The Morgan fingerprint density at radius 3 is 2.32 bits per heavy atom. The molecule has 1 N–H and O–H groups in total. The van der Waals surface area contributed by atoms with Crippen LogP contribution in [0.4, 0.5) is 0 Å². The summed E-state index contributed by atoms with van der Waals surface area (Å²) < 4.78 is 8.17. The number of rotatable bonds is 10. The molecule has 0 aliphatic carbocycles. The molecule has 0 bridgehead atoms. The van der Waals surface area contributed by atoms with E-state index in [2.05, 4.69) is 37.8 Å². The van der Waals surface area contributed by atoms with Gasteiger partial charge in [-0.2, -0.15) is 5.10 Å². The van der Waals surface area contributed by atoms with Gasteiger partial charge in [-0.15, -0.1) is 0 Å². The molecule has 1 heterocycles. The maximum Gasteiger partial charge on any atom is 0.222 e. The van der Waals surface area contributed by atoms with Gasteiger partial charge in [-0.25, -0.2) is 4.68 Å². The SMILES string of the molecule is CC[C@@H](O)CN(Cc1c(-c2ccccc2)nn(C)c1Oc1ccc(C)cc1)CC(C)C. The minimum Gasteiger partial charge on any atom is -0.439 e. The Hall–Kier alpha value is -2.63. The lowest BCUT2D eigenvalue weighted by atomic mass is 10.1. The van der Waals surface area contributed by atoms with Crippen LogP contribution < -0.4 is 4.74 Å². The number of aliphatic hydroxyl groups is 1. The van der Waals surface area contributed by atoms with Crippen molar-refractivity contribution >= 4 is 0 Å². The highest BCUT2D eigenvalue weighted by Gasteiger charge is 2.23. The quantitative estimate of drug-likeness (QED) is 0.475. The van der Waals surface area contributed by atoms with Crippen molar-refractivity contribution in [3.8, 4) is 22.9 Å². The van der Waals surface area contributed by atoms with Gasteiger partial charge in [0.25, 0.3) is 0 Å². The average molecular weight is 422 g/mol. The fourth-order valence-corrected chi connectivity index (χ4v) is 3.74. The van der Waals surface area contributed by atoms with Gasteiger partial charge in [-0.3, -0.25) is 4.90 Å². The lowest BCUT2D eigenvalue weighted by Gasteiger charge is -2.26. The van der Waals surface area contributed by atoms with Gasteiger partial charge >= 0.3 is 0 Å². The molecular weight excluding hydrogens is 386 g/mol. The fourth-order valence-electron chi connectivity index (χ4n) is 3.74. The highest BCUT2D eigenvalue weighted by Crippen LogP contribution is 2.34. The van der Waals surface area contributed by atoms with E-state index in [-0.39, 0.29) is 6.10 Å². The Labute approximate surface area is 186 Å². The van der Waals surface area contributed by atoms with Crippen molar-refractivity contribution in [3.63, 3.8) is 0 Å². The molecule has 0 amide bonds.